The summed E-state index contributed by atoms with van der Waals surface area (Å²) in [6.07, 6.45) is -10.5. The van der Waals surface area contributed by atoms with Crippen LogP contribution in [-0.4, -0.2) is 130 Å². The van der Waals surface area contributed by atoms with Gasteiger partial charge in [0.2, 0.25) is 11.6 Å². The average molecular weight is 878 g/mol. The molecule has 2 fully saturated rings. The Morgan fingerprint density at radius 3 is 1.18 bits per heavy atom. The molecule has 0 radical (unpaired) electrons. The van der Waals surface area contributed by atoms with Crippen molar-refractivity contribution in [2.45, 2.75) is 87.1 Å². The summed E-state index contributed by atoms with van der Waals surface area (Å²) in [5, 5.41) is 82.1. The Morgan fingerprint density at radius 2 is 0.883 bits per heavy atom. The summed E-state index contributed by atoms with van der Waals surface area (Å²) in [4.78, 5) is 0. The van der Waals surface area contributed by atoms with Gasteiger partial charge >= 0.3 is 0 Å². The smallest absolute Gasteiger partial charge is 0.224 e. The van der Waals surface area contributed by atoms with E-state index in [-0.39, 0.29) is 0 Å². The number of aliphatic hydroxyl groups is 8. The molecule has 8 N–H and O–H groups in total. The molecular formula is C44H54Cl2O14. The molecule has 0 aromatic heterocycles. The van der Waals surface area contributed by atoms with Crippen molar-refractivity contribution in [3.63, 3.8) is 0 Å². The molecule has 2 aliphatic heterocycles. The second-order valence-electron chi connectivity index (χ2n) is 14.4. The van der Waals surface area contributed by atoms with E-state index in [0.717, 1.165) is 33.8 Å². The minimum atomic E-state index is -1.77. The highest BCUT2D eigenvalue weighted by atomic mass is 35.5. The predicted molar refractivity (Wildman–Crippen MR) is 221 cm³/mol. The maximum atomic E-state index is 10.7. The van der Waals surface area contributed by atoms with Crippen LogP contribution in [0.5, 0.6) is 11.5 Å². The number of halogens is 2. The summed E-state index contributed by atoms with van der Waals surface area (Å²) in [5.74, 6) is -1.99. The van der Waals surface area contributed by atoms with E-state index < -0.39 is 73.6 Å². The minimum absolute atomic E-state index is 0.409. The fourth-order valence-electron chi connectivity index (χ4n) is 7.37. The van der Waals surface area contributed by atoms with Crippen LogP contribution in [0.25, 0.3) is 0 Å². The molecule has 10 atom stereocenters. The number of methoxy groups -OCH3 is 2. The number of hydrogen-bond acceptors (Lipinski definition) is 14. The van der Waals surface area contributed by atoms with Gasteiger partial charge in [-0.2, -0.15) is 0 Å². The molecule has 0 unspecified atom stereocenters. The first-order chi connectivity index (χ1) is 28.7. The van der Waals surface area contributed by atoms with E-state index in [9.17, 15) is 40.9 Å². The van der Waals surface area contributed by atoms with Crippen molar-refractivity contribution in [3.8, 4) is 11.5 Å². The number of benzene rings is 4. The van der Waals surface area contributed by atoms with Crippen LogP contribution in [0.15, 0.2) is 84.9 Å². The highest BCUT2D eigenvalue weighted by molar-refractivity contribution is 6.31. The molecule has 16 heteroatoms. The molecule has 6 rings (SSSR count). The molecule has 60 heavy (non-hydrogen) atoms. The van der Waals surface area contributed by atoms with E-state index in [2.05, 4.69) is 0 Å². The normalized spacial score (nSPS) is 29.0. The Morgan fingerprint density at radius 1 is 0.533 bits per heavy atom. The zero-order valence-electron chi connectivity index (χ0n) is 33.7. The van der Waals surface area contributed by atoms with Crippen LogP contribution in [0, 0.1) is 0 Å². The zero-order chi connectivity index (χ0) is 43.8. The van der Waals surface area contributed by atoms with Crippen molar-refractivity contribution < 1.29 is 69.3 Å². The fraction of sp³-hybridized carbons (Fsp3) is 0.455. The molecule has 4 aromatic rings. The predicted octanol–water partition coefficient (Wildman–Crippen LogP) is 3.21. The molecule has 4 aromatic carbocycles. The number of hydrogen-bond donors (Lipinski definition) is 8. The van der Waals surface area contributed by atoms with Gasteiger partial charge in [0.15, 0.2) is 0 Å². The van der Waals surface area contributed by atoms with Crippen molar-refractivity contribution in [2.24, 2.45) is 0 Å². The van der Waals surface area contributed by atoms with Crippen molar-refractivity contribution in [1.82, 2.24) is 0 Å². The lowest BCUT2D eigenvalue weighted by atomic mass is 9.87. The molecule has 2 aliphatic rings. The number of aliphatic hydroxyl groups excluding tert-OH is 8. The van der Waals surface area contributed by atoms with E-state index in [1.54, 1.807) is 36.4 Å². The third kappa shape index (κ3) is 10.1. The lowest BCUT2D eigenvalue weighted by Crippen LogP contribution is -2.64. The van der Waals surface area contributed by atoms with Gasteiger partial charge in [0.1, 0.15) is 60.3 Å². The van der Waals surface area contributed by atoms with Crippen molar-refractivity contribution in [2.75, 3.05) is 40.6 Å². The number of ether oxygens (including phenoxy) is 6. The summed E-state index contributed by atoms with van der Waals surface area (Å²) in [6.45, 7) is 3.91. The molecule has 0 bridgehead atoms. The summed E-state index contributed by atoms with van der Waals surface area (Å²) >= 11 is 12.8. The fourth-order valence-corrected chi connectivity index (χ4v) is 7.74. The van der Waals surface area contributed by atoms with Gasteiger partial charge in [-0.1, -0.05) is 59.6 Å². The van der Waals surface area contributed by atoms with Crippen molar-refractivity contribution >= 4 is 23.2 Å². The first-order valence-electron chi connectivity index (χ1n) is 19.5. The largest absolute Gasteiger partial charge is 0.494 e. The van der Waals surface area contributed by atoms with Crippen molar-refractivity contribution in [3.05, 3.63) is 128 Å². The van der Waals surface area contributed by atoms with Crippen LogP contribution in [0.4, 0.5) is 0 Å². The molecule has 328 valence electrons. The Labute approximate surface area is 359 Å². The number of rotatable bonds is 14. The summed E-state index contributed by atoms with van der Waals surface area (Å²) in [5.41, 5.74) is 4.33. The second kappa shape index (κ2) is 21.1. The van der Waals surface area contributed by atoms with Crippen LogP contribution in [0.1, 0.15) is 47.2 Å². The molecule has 0 aliphatic carbocycles. The Balaban J connectivity index is 0.000000228. The van der Waals surface area contributed by atoms with Gasteiger partial charge in [0.25, 0.3) is 0 Å². The van der Waals surface area contributed by atoms with Crippen LogP contribution < -0.4 is 9.47 Å². The first-order valence-corrected chi connectivity index (χ1v) is 20.2. The van der Waals surface area contributed by atoms with Gasteiger partial charge in [-0.25, -0.2) is 0 Å². The highest BCUT2D eigenvalue weighted by Gasteiger charge is 2.56. The molecule has 14 nitrogen and oxygen atoms in total. The van der Waals surface area contributed by atoms with Gasteiger partial charge < -0.3 is 69.3 Å². The molecule has 0 saturated carbocycles. The van der Waals surface area contributed by atoms with Gasteiger partial charge in [0, 0.05) is 35.4 Å². The van der Waals surface area contributed by atoms with Crippen LogP contribution in [0.2, 0.25) is 10.0 Å². The second-order valence-corrected chi connectivity index (χ2v) is 15.2. The lowest BCUT2D eigenvalue weighted by Gasteiger charge is -2.47. The third-order valence-corrected chi connectivity index (χ3v) is 11.4. The zero-order valence-corrected chi connectivity index (χ0v) is 35.2. The Kier molecular flexibility index (Phi) is 16.7. The van der Waals surface area contributed by atoms with E-state index in [0.29, 0.717) is 47.2 Å². The summed E-state index contributed by atoms with van der Waals surface area (Å²) in [6, 6.07) is 25.3. The van der Waals surface area contributed by atoms with E-state index in [4.69, 9.17) is 51.6 Å². The van der Waals surface area contributed by atoms with E-state index in [1.807, 2.05) is 62.4 Å². The van der Waals surface area contributed by atoms with Crippen LogP contribution in [0.3, 0.4) is 0 Å². The summed E-state index contributed by atoms with van der Waals surface area (Å²) in [7, 11) is 2.64. The van der Waals surface area contributed by atoms with Crippen LogP contribution >= 0.6 is 23.2 Å². The van der Waals surface area contributed by atoms with Gasteiger partial charge in [-0.15, -0.1) is 0 Å². The van der Waals surface area contributed by atoms with Crippen LogP contribution in [-0.2, 0) is 43.4 Å². The van der Waals surface area contributed by atoms with Crippen molar-refractivity contribution in [1.29, 1.82) is 0 Å². The maximum absolute atomic E-state index is 10.7. The molecule has 2 saturated heterocycles. The molecule has 0 amide bonds. The Hall–Kier alpha value is -3.42. The minimum Gasteiger partial charge on any atom is -0.494 e. The molecule has 2 heterocycles. The maximum Gasteiger partial charge on any atom is 0.224 e. The quantitative estimate of drug-likeness (QED) is 0.0914. The monoisotopic (exact) mass is 876 g/mol. The SMILES string of the molecule is CCOc1ccc(Cc2cc([C@]3(OC)O[C@H](CO)[C@@H](O)[C@H](O)[C@H]3O)ccc2Cl)cc1.CCOc1ccc(Cc2cc([C@]3(OC)O[C@H](CO)[C@@H](O)[C@H](O)[C@H]3O)ccc2Cl)cc1. The van der Waals surface area contributed by atoms with Gasteiger partial charge in [-0.3, -0.25) is 0 Å². The first kappa shape index (κ1) is 47.6. The van der Waals surface area contributed by atoms with Gasteiger partial charge in [0.05, 0.1) is 26.4 Å². The molecule has 0 spiro atoms. The van der Waals surface area contributed by atoms with E-state index >= 15 is 0 Å². The van der Waals surface area contributed by atoms with E-state index in [1.165, 1.54) is 14.2 Å². The highest BCUT2D eigenvalue weighted by Crippen LogP contribution is 2.42. The van der Waals surface area contributed by atoms with Gasteiger partial charge in [-0.05, 0) is 97.5 Å². The topological polar surface area (TPSA) is 217 Å². The average Bonchev–Trinajstić information content (AvgIpc) is 3.26. The third-order valence-electron chi connectivity index (χ3n) is 10.7. The Bertz CT molecular complexity index is 1820. The standard InChI is InChI=1S/2C22H27ClO7/c2*1-3-29-16-7-4-13(5-8-16)10-14-11-15(6-9-17(14)23)22(28-2)21(27)20(26)19(25)18(12-24)30-22/h2*4-9,11,18-21,24-27H,3,10,12H2,1-2H3/t2*18-,19-,20+,21-,22+/m11/s1. The summed E-state index contributed by atoms with van der Waals surface area (Å²) < 4.78 is 33.4. The lowest BCUT2D eigenvalue weighted by molar-refractivity contribution is -0.366. The molecular weight excluding hydrogens is 823 g/mol.